The van der Waals surface area contributed by atoms with Crippen LogP contribution in [0.3, 0.4) is 0 Å². The van der Waals surface area contributed by atoms with Gasteiger partial charge in [-0.2, -0.15) is 5.10 Å². The number of carbonyl (C=O) groups is 1. The number of aromatic nitrogens is 4. The zero-order chi connectivity index (χ0) is 21.8. The molecule has 0 aliphatic rings. The summed E-state index contributed by atoms with van der Waals surface area (Å²) in [4.78, 5) is 32.2. The highest BCUT2D eigenvalue weighted by atomic mass is 16.2. The number of fused-ring (bicyclic) bond motifs is 1. The Morgan fingerprint density at radius 3 is 2.52 bits per heavy atom. The van der Waals surface area contributed by atoms with Crippen LogP contribution >= 0.6 is 0 Å². The Balaban J connectivity index is 1.58. The number of rotatable bonds is 7. The van der Waals surface area contributed by atoms with E-state index in [9.17, 15) is 9.59 Å². The molecule has 7 nitrogen and oxygen atoms in total. The van der Waals surface area contributed by atoms with Crippen molar-refractivity contribution in [2.75, 3.05) is 6.54 Å². The van der Waals surface area contributed by atoms with Gasteiger partial charge in [0.25, 0.3) is 5.56 Å². The van der Waals surface area contributed by atoms with Gasteiger partial charge in [0.1, 0.15) is 18.3 Å². The van der Waals surface area contributed by atoms with Gasteiger partial charge in [0, 0.05) is 13.1 Å². The molecule has 4 rings (SSSR count). The van der Waals surface area contributed by atoms with E-state index in [2.05, 4.69) is 10.1 Å². The molecule has 158 valence electrons. The van der Waals surface area contributed by atoms with Crippen molar-refractivity contribution < 1.29 is 4.79 Å². The maximum Gasteiger partial charge on any atom is 0.264 e. The third-order valence-electron chi connectivity index (χ3n) is 5.20. The van der Waals surface area contributed by atoms with Gasteiger partial charge < -0.3 is 4.90 Å². The summed E-state index contributed by atoms with van der Waals surface area (Å²) in [5, 5.41) is 4.71. The molecule has 2 aromatic heterocycles. The van der Waals surface area contributed by atoms with E-state index in [0.717, 1.165) is 17.7 Å². The molecule has 0 bridgehead atoms. The number of nitrogens with zero attached hydrogens (tertiary/aromatic N) is 5. The average molecular weight is 415 g/mol. The molecule has 0 saturated heterocycles. The second-order valence-corrected chi connectivity index (χ2v) is 7.61. The molecule has 0 saturated carbocycles. The molecule has 0 aliphatic carbocycles. The lowest BCUT2D eigenvalue weighted by Crippen LogP contribution is -2.36. The van der Waals surface area contributed by atoms with Crippen molar-refractivity contribution in [1.29, 1.82) is 0 Å². The molecule has 0 atom stereocenters. The SMILES string of the molecule is CCCN(Cc1ccc(C)cc1)C(=O)Cn1cnc2c(cnn2-c2ccccc2)c1=O. The van der Waals surface area contributed by atoms with E-state index in [-0.39, 0.29) is 18.0 Å². The molecule has 2 heterocycles. The highest BCUT2D eigenvalue weighted by Crippen LogP contribution is 2.13. The van der Waals surface area contributed by atoms with Gasteiger partial charge >= 0.3 is 0 Å². The first kappa shape index (κ1) is 20.5. The van der Waals surface area contributed by atoms with Gasteiger partial charge in [-0.15, -0.1) is 0 Å². The number of para-hydroxylation sites is 1. The van der Waals surface area contributed by atoms with Crippen LogP contribution in [0, 0.1) is 6.92 Å². The minimum atomic E-state index is -0.271. The molecule has 1 amide bonds. The molecule has 0 aliphatic heterocycles. The lowest BCUT2D eigenvalue weighted by atomic mass is 10.1. The zero-order valence-electron chi connectivity index (χ0n) is 17.7. The number of benzene rings is 2. The highest BCUT2D eigenvalue weighted by molar-refractivity contribution is 5.78. The molecular formula is C24H25N5O2. The van der Waals surface area contributed by atoms with Crippen molar-refractivity contribution in [3.05, 3.63) is 88.6 Å². The minimum absolute atomic E-state index is 0.0514. The van der Waals surface area contributed by atoms with Crippen LogP contribution in [0.4, 0.5) is 0 Å². The van der Waals surface area contributed by atoms with Crippen LogP contribution in [-0.2, 0) is 17.9 Å². The van der Waals surface area contributed by atoms with Crippen molar-refractivity contribution >= 4 is 16.9 Å². The van der Waals surface area contributed by atoms with Crippen LogP contribution in [-0.4, -0.2) is 36.7 Å². The van der Waals surface area contributed by atoms with E-state index in [1.165, 1.54) is 22.7 Å². The standard InChI is InChI=1S/C24H25N5O2/c1-3-13-27(15-19-11-9-18(2)10-12-19)22(30)16-28-17-25-23-21(24(28)31)14-26-29(23)20-7-5-4-6-8-20/h4-12,14,17H,3,13,15-16H2,1-2H3. The maximum absolute atomic E-state index is 13.0. The summed E-state index contributed by atoms with van der Waals surface area (Å²) >= 11 is 0. The summed E-state index contributed by atoms with van der Waals surface area (Å²) in [7, 11) is 0. The van der Waals surface area contributed by atoms with Gasteiger partial charge in [-0.05, 0) is 31.0 Å². The van der Waals surface area contributed by atoms with E-state index in [4.69, 9.17) is 0 Å². The minimum Gasteiger partial charge on any atom is -0.337 e. The normalized spacial score (nSPS) is 11.0. The van der Waals surface area contributed by atoms with Crippen LogP contribution in [0.2, 0.25) is 0 Å². The van der Waals surface area contributed by atoms with E-state index in [1.807, 2.05) is 68.4 Å². The Morgan fingerprint density at radius 1 is 1.06 bits per heavy atom. The molecule has 4 aromatic rings. The van der Waals surface area contributed by atoms with Crippen molar-refractivity contribution in [1.82, 2.24) is 24.2 Å². The Morgan fingerprint density at radius 2 is 1.81 bits per heavy atom. The lowest BCUT2D eigenvalue weighted by molar-refractivity contribution is -0.132. The van der Waals surface area contributed by atoms with E-state index >= 15 is 0 Å². The van der Waals surface area contributed by atoms with Gasteiger partial charge in [0.2, 0.25) is 5.91 Å². The van der Waals surface area contributed by atoms with Crippen molar-refractivity contribution in [2.24, 2.45) is 0 Å². The maximum atomic E-state index is 13.0. The monoisotopic (exact) mass is 415 g/mol. The number of carbonyl (C=O) groups excluding carboxylic acids is 1. The second kappa shape index (κ2) is 8.95. The summed E-state index contributed by atoms with van der Waals surface area (Å²) in [5.41, 5.74) is 3.28. The van der Waals surface area contributed by atoms with Crippen LogP contribution in [0.5, 0.6) is 0 Å². The molecular weight excluding hydrogens is 390 g/mol. The fourth-order valence-electron chi connectivity index (χ4n) is 3.54. The Hall–Kier alpha value is -3.74. The van der Waals surface area contributed by atoms with Gasteiger partial charge in [-0.3, -0.25) is 14.2 Å². The van der Waals surface area contributed by atoms with Crippen LogP contribution in [0.1, 0.15) is 24.5 Å². The summed E-state index contributed by atoms with van der Waals surface area (Å²) in [6, 6.07) is 17.7. The second-order valence-electron chi connectivity index (χ2n) is 7.61. The number of hydrogen-bond acceptors (Lipinski definition) is 4. The first-order valence-corrected chi connectivity index (χ1v) is 10.4. The number of hydrogen-bond donors (Lipinski definition) is 0. The number of aryl methyl sites for hydroxylation is 1. The van der Waals surface area contributed by atoms with Crippen molar-refractivity contribution in [2.45, 2.75) is 33.4 Å². The van der Waals surface area contributed by atoms with Crippen molar-refractivity contribution in [3.8, 4) is 5.69 Å². The summed E-state index contributed by atoms with van der Waals surface area (Å²) < 4.78 is 2.99. The lowest BCUT2D eigenvalue weighted by Gasteiger charge is -2.22. The molecule has 0 radical (unpaired) electrons. The van der Waals surface area contributed by atoms with Gasteiger partial charge in [-0.25, -0.2) is 9.67 Å². The zero-order valence-corrected chi connectivity index (χ0v) is 17.7. The van der Waals surface area contributed by atoms with Crippen LogP contribution < -0.4 is 5.56 Å². The molecule has 2 aromatic carbocycles. The predicted octanol–water partition coefficient (Wildman–Crippen LogP) is 3.33. The quantitative estimate of drug-likeness (QED) is 0.464. The number of amides is 1. The first-order chi connectivity index (χ1) is 15.1. The molecule has 31 heavy (non-hydrogen) atoms. The Bertz CT molecular complexity index is 1240. The Labute approximate surface area is 180 Å². The molecule has 0 unspecified atom stereocenters. The largest absolute Gasteiger partial charge is 0.337 e. The van der Waals surface area contributed by atoms with E-state index in [0.29, 0.717) is 24.1 Å². The third-order valence-corrected chi connectivity index (χ3v) is 5.20. The summed E-state index contributed by atoms with van der Waals surface area (Å²) in [6.45, 7) is 5.16. The topological polar surface area (TPSA) is 73.0 Å². The van der Waals surface area contributed by atoms with Gasteiger partial charge in [-0.1, -0.05) is 55.0 Å². The Kier molecular flexibility index (Phi) is 5.93. The fourth-order valence-corrected chi connectivity index (χ4v) is 3.54. The average Bonchev–Trinajstić information content (AvgIpc) is 3.22. The highest BCUT2D eigenvalue weighted by Gasteiger charge is 2.17. The smallest absolute Gasteiger partial charge is 0.264 e. The first-order valence-electron chi connectivity index (χ1n) is 10.4. The van der Waals surface area contributed by atoms with E-state index < -0.39 is 0 Å². The summed E-state index contributed by atoms with van der Waals surface area (Å²) in [6.07, 6.45) is 3.78. The fraction of sp³-hybridized carbons (Fsp3) is 0.250. The van der Waals surface area contributed by atoms with Gasteiger partial charge in [0.15, 0.2) is 5.65 Å². The summed E-state index contributed by atoms with van der Waals surface area (Å²) in [5.74, 6) is -0.110. The van der Waals surface area contributed by atoms with Crippen LogP contribution in [0.25, 0.3) is 16.7 Å². The third kappa shape index (κ3) is 4.40. The van der Waals surface area contributed by atoms with Gasteiger partial charge in [0.05, 0.1) is 11.9 Å². The molecule has 7 heteroatoms. The van der Waals surface area contributed by atoms with Crippen LogP contribution in [0.15, 0.2) is 71.9 Å². The van der Waals surface area contributed by atoms with E-state index in [1.54, 1.807) is 9.58 Å². The molecule has 0 spiro atoms. The van der Waals surface area contributed by atoms with Crippen molar-refractivity contribution in [3.63, 3.8) is 0 Å². The molecule has 0 fully saturated rings. The predicted molar refractivity (Wildman–Crippen MR) is 120 cm³/mol. The molecule has 0 N–H and O–H groups in total.